The van der Waals surface area contributed by atoms with E-state index in [1.807, 2.05) is 0 Å². The van der Waals surface area contributed by atoms with Gasteiger partial charge >= 0.3 is 0 Å². The summed E-state index contributed by atoms with van der Waals surface area (Å²) >= 11 is 0. The number of ether oxygens (including phenoxy) is 1. The summed E-state index contributed by atoms with van der Waals surface area (Å²) in [5.74, 6) is 0.259. The van der Waals surface area contributed by atoms with Gasteiger partial charge in [0, 0.05) is 19.5 Å². The summed E-state index contributed by atoms with van der Waals surface area (Å²) in [5.41, 5.74) is 0.598. The summed E-state index contributed by atoms with van der Waals surface area (Å²) < 4.78 is 4.95. The topological polar surface area (TPSA) is 71.5 Å². The van der Waals surface area contributed by atoms with Crippen molar-refractivity contribution in [2.24, 2.45) is 0 Å². The predicted octanol–water partition coefficient (Wildman–Crippen LogP) is 1.04. The molecular weight excluding hydrogens is 246 g/mol. The van der Waals surface area contributed by atoms with Gasteiger partial charge in [-0.3, -0.25) is 9.59 Å². The normalized spacial score (nSPS) is 18.2. The van der Waals surface area contributed by atoms with Crippen molar-refractivity contribution >= 4 is 17.5 Å². The summed E-state index contributed by atoms with van der Waals surface area (Å²) in [7, 11) is 1.53. The molecule has 1 atom stereocenters. The van der Waals surface area contributed by atoms with Crippen molar-refractivity contribution in [2.45, 2.75) is 25.8 Å². The monoisotopic (exact) mass is 263 g/mol. The molecule has 1 fully saturated rings. The Morgan fingerprint density at radius 1 is 1.47 bits per heavy atom. The van der Waals surface area contributed by atoms with Crippen molar-refractivity contribution in [3.63, 3.8) is 0 Å². The molecule has 6 heteroatoms. The van der Waals surface area contributed by atoms with Crippen molar-refractivity contribution in [1.29, 1.82) is 0 Å². The Kier molecular flexibility index (Phi) is 3.99. The van der Waals surface area contributed by atoms with Crippen LogP contribution in [0.25, 0.3) is 0 Å². The molecule has 6 nitrogen and oxygen atoms in total. The second kappa shape index (κ2) is 5.69. The highest BCUT2D eigenvalue weighted by molar-refractivity contribution is 5.97. The van der Waals surface area contributed by atoms with Crippen molar-refractivity contribution < 1.29 is 14.3 Å². The molecule has 19 heavy (non-hydrogen) atoms. The van der Waals surface area contributed by atoms with Gasteiger partial charge in [0.25, 0.3) is 0 Å². The SMILES string of the molecule is COc1ccc(NC(=O)C2CCCN2C(C)=O)cn1. The largest absolute Gasteiger partial charge is 0.481 e. The van der Waals surface area contributed by atoms with Crippen LogP contribution < -0.4 is 10.1 Å². The minimum atomic E-state index is -0.375. The number of carbonyl (C=O) groups is 2. The highest BCUT2D eigenvalue weighted by atomic mass is 16.5. The average molecular weight is 263 g/mol. The van der Waals surface area contributed by atoms with E-state index in [1.165, 1.54) is 20.2 Å². The van der Waals surface area contributed by atoms with Gasteiger partial charge in [0.1, 0.15) is 6.04 Å². The molecule has 1 aromatic rings. The maximum atomic E-state index is 12.1. The average Bonchev–Trinajstić information content (AvgIpc) is 2.89. The predicted molar refractivity (Wildman–Crippen MR) is 69.8 cm³/mol. The molecule has 2 heterocycles. The molecule has 0 bridgehead atoms. The molecule has 0 aliphatic carbocycles. The highest BCUT2D eigenvalue weighted by Crippen LogP contribution is 2.19. The third-order valence-electron chi connectivity index (χ3n) is 3.17. The Morgan fingerprint density at radius 3 is 2.84 bits per heavy atom. The van der Waals surface area contributed by atoms with Crippen LogP contribution in [0.1, 0.15) is 19.8 Å². The van der Waals surface area contributed by atoms with Gasteiger partial charge < -0.3 is 15.0 Å². The fourth-order valence-corrected chi connectivity index (χ4v) is 2.22. The Balaban J connectivity index is 2.01. The number of methoxy groups -OCH3 is 1. The molecule has 1 N–H and O–H groups in total. The van der Waals surface area contributed by atoms with Gasteiger partial charge in [0.15, 0.2) is 0 Å². The number of pyridine rings is 1. The first-order chi connectivity index (χ1) is 9.11. The minimum absolute atomic E-state index is 0.0643. The minimum Gasteiger partial charge on any atom is -0.481 e. The van der Waals surface area contributed by atoms with Crippen LogP contribution in [-0.2, 0) is 9.59 Å². The van der Waals surface area contributed by atoms with Crippen LogP contribution in [0.15, 0.2) is 18.3 Å². The number of amides is 2. The lowest BCUT2D eigenvalue weighted by Gasteiger charge is -2.22. The summed E-state index contributed by atoms with van der Waals surface area (Å²) in [6.07, 6.45) is 3.09. The quantitative estimate of drug-likeness (QED) is 0.884. The number of nitrogens with one attached hydrogen (secondary N) is 1. The second-order valence-corrected chi connectivity index (χ2v) is 4.45. The van der Waals surface area contributed by atoms with Gasteiger partial charge in [0.2, 0.25) is 17.7 Å². The van der Waals surface area contributed by atoms with Crippen molar-refractivity contribution in [2.75, 3.05) is 19.0 Å². The van der Waals surface area contributed by atoms with Gasteiger partial charge in [-0.1, -0.05) is 0 Å². The lowest BCUT2D eigenvalue weighted by atomic mass is 10.2. The summed E-state index contributed by atoms with van der Waals surface area (Å²) in [6.45, 7) is 2.13. The lowest BCUT2D eigenvalue weighted by Crippen LogP contribution is -2.42. The third-order valence-corrected chi connectivity index (χ3v) is 3.17. The molecule has 0 radical (unpaired) electrons. The second-order valence-electron chi connectivity index (χ2n) is 4.45. The number of hydrogen-bond donors (Lipinski definition) is 1. The molecule has 1 unspecified atom stereocenters. The number of nitrogens with zero attached hydrogens (tertiary/aromatic N) is 2. The number of carbonyl (C=O) groups excluding carboxylic acids is 2. The lowest BCUT2D eigenvalue weighted by molar-refractivity contribution is -0.134. The fraction of sp³-hybridized carbons (Fsp3) is 0.462. The smallest absolute Gasteiger partial charge is 0.247 e. The zero-order chi connectivity index (χ0) is 13.8. The van der Waals surface area contributed by atoms with Crippen molar-refractivity contribution in [3.8, 4) is 5.88 Å². The van der Waals surface area contributed by atoms with Crippen LogP contribution in [0, 0.1) is 0 Å². The van der Waals surface area contributed by atoms with Gasteiger partial charge in [-0.25, -0.2) is 4.98 Å². The molecule has 1 aromatic heterocycles. The molecule has 2 amide bonds. The van der Waals surface area contributed by atoms with E-state index in [4.69, 9.17) is 4.74 Å². The molecule has 0 spiro atoms. The Morgan fingerprint density at radius 2 is 2.26 bits per heavy atom. The first kappa shape index (κ1) is 13.3. The highest BCUT2D eigenvalue weighted by Gasteiger charge is 2.32. The zero-order valence-corrected chi connectivity index (χ0v) is 11.0. The number of likely N-dealkylation sites (tertiary alicyclic amines) is 1. The van der Waals surface area contributed by atoms with Gasteiger partial charge in [-0.15, -0.1) is 0 Å². The van der Waals surface area contributed by atoms with Gasteiger partial charge in [-0.05, 0) is 18.9 Å². The Bertz CT molecular complexity index is 473. The van der Waals surface area contributed by atoms with Crippen LogP contribution in [0.5, 0.6) is 5.88 Å². The Labute approximate surface area is 111 Å². The van der Waals surface area contributed by atoms with Crippen LogP contribution >= 0.6 is 0 Å². The maximum Gasteiger partial charge on any atom is 0.247 e. The van der Waals surface area contributed by atoms with Crippen molar-refractivity contribution in [1.82, 2.24) is 9.88 Å². The molecule has 0 saturated carbocycles. The van der Waals surface area contributed by atoms with Gasteiger partial charge in [-0.2, -0.15) is 0 Å². The number of aromatic nitrogens is 1. The van der Waals surface area contributed by atoms with Crippen molar-refractivity contribution in [3.05, 3.63) is 18.3 Å². The van der Waals surface area contributed by atoms with E-state index >= 15 is 0 Å². The van der Waals surface area contributed by atoms with E-state index in [-0.39, 0.29) is 17.9 Å². The fourth-order valence-electron chi connectivity index (χ4n) is 2.22. The molecule has 2 rings (SSSR count). The number of hydrogen-bond acceptors (Lipinski definition) is 4. The first-order valence-electron chi connectivity index (χ1n) is 6.20. The Hall–Kier alpha value is -2.11. The summed E-state index contributed by atoms with van der Waals surface area (Å²) in [6, 6.07) is 3.02. The van der Waals surface area contributed by atoms with Crippen LogP contribution in [0.2, 0.25) is 0 Å². The standard InChI is InChI=1S/C13H17N3O3/c1-9(17)16-7-3-4-11(16)13(18)15-10-5-6-12(19-2)14-8-10/h5-6,8,11H,3-4,7H2,1-2H3,(H,15,18). The molecule has 102 valence electrons. The van der Waals surface area contributed by atoms with E-state index in [0.29, 0.717) is 24.5 Å². The van der Waals surface area contributed by atoms with E-state index in [9.17, 15) is 9.59 Å². The number of rotatable bonds is 3. The van der Waals surface area contributed by atoms with E-state index in [0.717, 1.165) is 6.42 Å². The van der Waals surface area contributed by atoms with E-state index in [1.54, 1.807) is 17.0 Å². The van der Waals surface area contributed by atoms with E-state index in [2.05, 4.69) is 10.3 Å². The molecule has 1 aliphatic heterocycles. The molecule has 1 saturated heterocycles. The molecule has 1 aliphatic rings. The van der Waals surface area contributed by atoms with Crippen LogP contribution in [0.3, 0.4) is 0 Å². The summed E-state index contributed by atoms with van der Waals surface area (Å²) in [5, 5.41) is 2.77. The summed E-state index contributed by atoms with van der Waals surface area (Å²) in [4.78, 5) is 29.2. The molecular formula is C13H17N3O3. The third kappa shape index (κ3) is 3.01. The van der Waals surface area contributed by atoms with Gasteiger partial charge in [0.05, 0.1) is 19.0 Å². The van der Waals surface area contributed by atoms with E-state index < -0.39 is 0 Å². The zero-order valence-electron chi connectivity index (χ0n) is 11.0. The number of anilines is 1. The maximum absolute atomic E-state index is 12.1. The first-order valence-corrected chi connectivity index (χ1v) is 6.20. The van der Waals surface area contributed by atoms with Crippen LogP contribution in [0.4, 0.5) is 5.69 Å². The van der Waals surface area contributed by atoms with Crippen LogP contribution in [-0.4, -0.2) is 41.4 Å². The molecule has 0 aromatic carbocycles.